The summed E-state index contributed by atoms with van der Waals surface area (Å²) in [6.07, 6.45) is -1.29. The maximum atomic E-state index is 9.64. The number of aliphatic carboxylic acids is 3. The van der Waals surface area contributed by atoms with Crippen LogP contribution in [0.5, 0.6) is 0 Å². The van der Waals surface area contributed by atoms with Crippen molar-refractivity contribution in [3.8, 4) is 0 Å². The fourth-order valence-electron chi connectivity index (χ4n) is 0.214. The van der Waals surface area contributed by atoms with Crippen molar-refractivity contribution in [2.24, 2.45) is 0 Å². The van der Waals surface area contributed by atoms with Gasteiger partial charge in [0.25, 0.3) is 5.97 Å². The third-order valence-corrected chi connectivity index (χ3v) is 0.918. The average molecular weight is 254 g/mol. The van der Waals surface area contributed by atoms with Gasteiger partial charge in [-0.05, 0) is 6.42 Å². The maximum Gasteiger partial charge on any atom is 0.303 e. The molecule has 0 rings (SSSR count). The molecule has 0 radical (unpaired) electrons. The maximum absolute atomic E-state index is 9.64. The first-order valence-corrected chi connectivity index (χ1v) is 4.62. The van der Waals surface area contributed by atoms with E-state index < -0.39 is 24.2 Å². The Bertz CT molecular complexity index is 205. The van der Waals surface area contributed by atoms with Crippen LogP contribution < -0.4 is 0 Å². The van der Waals surface area contributed by atoms with Crippen molar-refractivity contribution in [3.63, 3.8) is 0 Å². The molecule has 17 heavy (non-hydrogen) atoms. The van der Waals surface area contributed by atoms with Gasteiger partial charge in [0.1, 0.15) is 0 Å². The number of carbonyl (C=O) groups is 3. The lowest BCUT2D eigenvalue weighted by Gasteiger charge is -1.90. The second-order valence-electron chi connectivity index (χ2n) is 2.70. The molecule has 0 bridgehead atoms. The van der Waals surface area contributed by atoms with Crippen LogP contribution in [0.25, 0.3) is 0 Å². The monoisotopic (exact) mass is 254 g/mol. The van der Waals surface area contributed by atoms with Crippen LogP contribution in [0.2, 0.25) is 0 Å². The van der Waals surface area contributed by atoms with Crippen molar-refractivity contribution in [2.75, 3.05) is 0 Å². The van der Waals surface area contributed by atoms with Crippen molar-refractivity contribution >= 4 is 17.9 Å². The highest BCUT2D eigenvalue weighted by molar-refractivity contribution is 5.75. The van der Waals surface area contributed by atoms with E-state index in [1.54, 1.807) is 6.92 Å². The number of aliphatic hydroxyl groups is 2. The van der Waals surface area contributed by atoms with Crippen molar-refractivity contribution in [1.29, 1.82) is 0 Å². The topological polar surface area (TPSA) is 152 Å². The van der Waals surface area contributed by atoms with Crippen LogP contribution >= 0.6 is 0 Å². The van der Waals surface area contributed by atoms with Gasteiger partial charge in [0, 0.05) is 6.92 Å². The zero-order valence-electron chi connectivity index (χ0n) is 9.66. The standard InChI is InChI=1S/C4H6O4.C3H8O2.C2H4O2/c5-3(6)1-2-4(7)8;1-2-3(4)5;1-2(3)4/h1-2H2,(H,5,6)(H,7,8);3-5H,2H2,1H3;1H3,(H,3,4). The van der Waals surface area contributed by atoms with E-state index in [9.17, 15) is 9.59 Å². The number of carboxylic acids is 3. The molecule has 0 aromatic heterocycles. The fraction of sp³-hybridized carbons (Fsp3) is 0.667. The summed E-state index contributed by atoms with van der Waals surface area (Å²) in [7, 11) is 0. The van der Waals surface area contributed by atoms with E-state index >= 15 is 0 Å². The number of aliphatic hydroxyl groups excluding tert-OH is 1. The molecule has 0 aliphatic rings. The Morgan fingerprint density at radius 3 is 1.18 bits per heavy atom. The van der Waals surface area contributed by atoms with Gasteiger partial charge in [-0.15, -0.1) is 0 Å². The molecule has 8 heteroatoms. The fourth-order valence-corrected chi connectivity index (χ4v) is 0.214. The molecule has 0 aromatic carbocycles. The summed E-state index contributed by atoms with van der Waals surface area (Å²) < 4.78 is 0. The Balaban J connectivity index is -0.000000188. The molecule has 0 aliphatic carbocycles. The number of hydrogen-bond donors (Lipinski definition) is 5. The quantitative estimate of drug-likeness (QED) is 0.430. The first-order chi connectivity index (χ1) is 7.63. The molecule has 0 amide bonds. The van der Waals surface area contributed by atoms with Gasteiger partial charge in [-0.1, -0.05) is 6.92 Å². The summed E-state index contributed by atoms with van der Waals surface area (Å²) in [5, 5.41) is 39.0. The van der Waals surface area contributed by atoms with Gasteiger partial charge in [0.15, 0.2) is 6.29 Å². The minimum Gasteiger partial charge on any atom is -0.481 e. The molecule has 8 nitrogen and oxygen atoms in total. The molecule has 0 aromatic rings. The predicted molar refractivity (Wildman–Crippen MR) is 56.3 cm³/mol. The summed E-state index contributed by atoms with van der Waals surface area (Å²) in [4.78, 5) is 28.3. The number of carboxylic acid groups (broad SMARTS) is 3. The Labute approximate surface area is 98.1 Å². The Hall–Kier alpha value is -1.67. The van der Waals surface area contributed by atoms with E-state index in [2.05, 4.69) is 0 Å². The Kier molecular flexibility index (Phi) is 17.5. The number of rotatable bonds is 4. The third-order valence-electron chi connectivity index (χ3n) is 0.918. The van der Waals surface area contributed by atoms with Crippen molar-refractivity contribution < 1.29 is 39.9 Å². The summed E-state index contributed by atoms with van der Waals surface area (Å²) in [6.45, 7) is 2.78. The molecule has 0 saturated carbocycles. The SMILES string of the molecule is CC(=O)O.CCC(O)O.O=C(O)CCC(=O)O. The van der Waals surface area contributed by atoms with E-state index in [0.29, 0.717) is 6.42 Å². The van der Waals surface area contributed by atoms with E-state index in [4.69, 9.17) is 30.3 Å². The average Bonchev–Trinajstić information content (AvgIpc) is 2.14. The van der Waals surface area contributed by atoms with Gasteiger partial charge in [-0.2, -0.15) is 0 Å². The van der Waals surface area contributed by atoms with Gasteiger partial charge in [0.05, 0.1) is 12.8 Å². The lowest BCUT2D eigenvalue weighted by molar-refractivity contribution is -0.143. The first-order valence-electron chi connectivity index (χ1n) is 4.62. The van der Waals surface area contributed by atoms with E-state index in [1.165, 1.54) is 0 Å². The molecule has 0 saturated heterocycles. The van der Waals surface area contributed by atoms with Crippen LogP contribution in [0.15, 0.2) is 0 Å². The Morgan fingerprint density at radius 2 is 1.12 bits per heavy atom. The van der Waals surface area contributed by atoms with Crippen molar-refractivity contribution in [3.05, 3.63) is 0 Å². The van der Waals surface area contributed by atoms with Gasteiger partial charge in [-0.3, -0.25) is 14.4 Å². The molecular weight excluding hydrogens is 236 g/mol. The van der Waals surface area contributed by atoms with Crippen LogP contribution in [0, 0.1) is 0 Å². The molecule has 0 atom stereocenters. The second-order valence-corrected chi connectivity index (χ2v) is 2.70. The van der Waals surface area contributed by atoms with E-state index in [1.807, 2.05) is 0 Å². The predicted octanol–water partition coefficient (Wildman–Crippen LogP) is -0.266. The first kappa shape index (κ1) is 20.7. The normalized spacial score (nSPS) is 8.29. The minimum atomic E-state index is -1.12. The highest BCUT2D eigenvalue weighted by Crippen LogP contribution is 1.86. The lowest BCUT2D eigenvalue weighted by atomic mass is 10.3. The molecular formula is C9H18O8. The molecule has 5 N–H and O–H groups in total. The Morgan fingerprint density at radius 1 is 0.941 bits per heavy atom. The molecule has 102 valence electrons. The van der Waals surface area contributed by atoms with Crippen molar-refractivity contribution in [1.82, 2.24) is 0 Å². The van der Waals surface area contributed by atoms with Crippen LogP contribution in [0.1, 0.15) is 33.1 Å². The lowest BCUT2D eigenvalue weighted by Crippen LogP contribution is -2.00. The second kappa shape index (κ2) is 14.3. The molecule has 0 unspecified atom stereocenters. The summed E-state index contributed by atoms with van der Waals surface area (Å²) >= 11 is 0. The molecule has 0 fully saturated rings. The number of hydrogen-bond acceptors (Lipinski definition) is 5. The molecule has 0 spiro atoms. The van der Waals surface area contributed by atoms with E-state index in [-0.39, 0.29) is 12.8 Å². The smallest absolute Gasteiger partial charge is 0.303 e. The zero-order chi connectivity index (χ0) is 14.4. The highest BCUT2D eigenvalue weighted by atomic mass is 16.5. The van der Waals surface area contributed by atoms with Gasteiger partial charge in [0.2, 0.25) is 0 Å². The van der Waals surface area contributed by atoms with Crippen LogP contribution in [-0.4, -0.2) is 49.7 Å². The molecule has 0 aliphatic heterocycles. The van der Waals surface area contributed by atoms with Gasteiger partial charge < -0.3 is 25.5 Å². The minimum absolute atomic E-state index is 0.296. The van der Waals surface area contributed by atoms with Gasteiger partial charge in [-0.25, -0.2) is 0 Å². The van der Waals surface area contributed by atoms with E-state index in [0.717, 1.165) is 6.92 Å². The summed E-state index contributed by atoms with van der Waals surface area (Å²) in [5.41, 5.74) is 0. The van der Waals surface area contributed by atoms with Crippen molar-refractivity contribution in [2.45, 2.75) is 39.4 Å². The van der Waals surface area contributed by atoms with Gasteiger partial charge >= 0.3 is 11.9 Å². The zero-order valence-corrected chi connectivity index (χ0v) is 9.66. The van der Waals surface area contributed by atoms with Crippen LogP contribution in [-0.2, 0) is 14.4 Å². The summed E-state index contributed by atoms with van der Waals surface area (Å²) in [5.74, 6) is -2.99. The molecule has 0 heterocycles. The third kappa shape index (κ3) is 76.7. The van der Waals surface area contributed by atoms with Crippen LogP contribution in [0.4, 0.5) is 0 Å². The summed E-state index contributed by atoms with van der Waals surface area (Å²) in [6, 6.07) is 0. The largest absolute Gasteiger partial charge is 0.481 e. The highest BCUT2D eigenvalue weighted by Gasteiger charge is 2.00. The van der Waals surface area contributed by atoms with Crippen LogP contribution in [0.3, 0.4) is 0 Å².